The van der Waals surface area contributed by atoms with Crippen LogP contribution in [0.4, 0.5) is 8.78 Å². The van der Waals surface area contributed by atoms with Gasteiger partial charge in [-0.05, 0) is 50.9 Å². The van der Waals surface area contributed by atoms with E-state index < -0.39 is 11.6 Å². The summed E-state index contributed by atoms with van der Waals surface area (Å²) in [5, 5.41) is 3.28. The van der Waals surface area contributed by atoms with E-state index in [-0.39, 0.29) is 23.1 Å². The number of nitrogens with zero attached hydrogens (tertiary/aromatic N) is 1. The number of carbonyl (C=O) groups excluding carboxylic acids is 1. The lowest BCUT2D eigenvalue weighted by Crippen LogP contribution is -2.38. The largest absolute Gasteiger partial charge is 0.339 e. The number of carbonyl (C=O) groups is 1. The third-order valence-electron chi connectivity index (χ3n) is 3.89. The predicted octanol–water partition coefficient (Wildman–Crippen LogP) is 2.49. The zero-order chi connectivity index (χ0) is 14.7. The number of aryl methyl sites for hydroxylation is 1. The number of halogens is 2. The Labute approximate surface area is 118 Å². The van der Waals surface area contributed by atoms with E-state index in [1.807, 2.05) is 0 Å². The van der Waals surface area contributed by atoms with Crippen LogP contribution in [0.3, 0.4) is 0 Å². The highest BCUT2D eigenvalue weighted by Crippen LogP contribution is 2.19. The Morgan fingerprint density at radius 1 is 1.25 bits per heavy atom. The molecule has 0 aromatic heterocycles. The molecular formula is C15H20F2N2O. The van der Waals surface area contributed by atoms with Crippen molar-refractivity contribution < 1.29 is 13.6 Å². The molecule has 1 aromatic rings. The van der Waals surface area contributed by atoms with Crippen LogP contribution in [-0.4, -0.2) is 37.0 Å². The van der Waals surface area contributed by atoms with Gasteiger partial charge in [0.1, 0.15) is 11.6 Å². The van der Waals surface area contributed by atoms with Crippen LogP contribution in [0.1, 0.15) is 35.2 Å². The van der Waals surface area contributed by atoms with E-state index in [2.05, 4.69) is 5.32 Å². The van der Waals surface area contributed by atoms with Crippen LogP contribution >= 0.6 is 0 Å². The summed E-state index contributed by atoms with van der Waals surface area (Å²) in [6.07, 6.45) is 2.74. The summed E-state index contributed by atoms with van der Waals surface area (Å²) in [6.45, 7) is 3.33. The molecule has 110 valence electrons. The van der Waals surface area contributed by atoms with Gasteiger partial charge in [-0.25, -0.2) is 8.78 Å². The van der Waals surface area contributed by atoms with Crippen LogP contribution in [0.5, 0.6) is 0 Å². The maximum atomic E-state index is 13.8. The second kappa shape index (κ2) is 6.31. The molecule has 1 atom stereocenters. The third kappa shape index (κ3) is 3.15. The quantitative estimate of drug-likeness (QED) is 0.904. The fourth-order valence-corrected chi connectivity index (χ4v) is 2.56. The second-order valence-electron chi connectivity index (χ2n) is 5.33. The zero-order valence-corrected chi connectivity index (χ0v) is 11.9. The highest BCUT2D eigenvalue weighted by molar-refractivity contribution is 5.94. The highest BCUT2D eigenvalue weighted by Gasteiger charge is 2.24. The Morgan fingerprint density at radius 3 is 2.75 bits per heavy atom. The molecule has 1 amide bonds. The summed E-state index contributed by atoms with van der Waals surface area (Å²) in [4.78, 5) is 14.0. The molecule has 0 spiro atoms. The number of rotatable bonds is 2. The minimum absolute atomic E-state index is 0.0522. The summed E-state index contributed by atoms with van der Waals surface area (Å²) in [5.74, 6) is -1.80. The van der Waals surface area contributed by atoms with Gasteiger partial charge in [0.25, 0.3) is 5.91 Å². The van der Waals surface area contributed by atoms with Crippen molar-refractivity contribution in [2.45, 2.75) is 32.2 Å². The van der Waals surface area contributed by atoms with Crippen molar-refractivity contribution >= 4 is 5.91 Å². The van der Waals surface area contributed by atoms with Gasteiger partial charge in [-0.1, -0.05) is 0 Å². The molecule has 0 aliphatic carbocycles. The van der Waals surface area contributed by atoms with Crippen LogP contribution in [-0.2, 0) is 0 Å². The molecular weight excluding hydrogens is 262 g/mol. The van der Waals surface area contributed by atoms with Gasteiger partial charge in [-0.15, -0.1) is 0 Å². The average molecular weight is 282 g/mol. The smallest absolute Gasteiger partial charge is 0.256 e. The Hall–Kier alpha value is -1.49. The number of hydrogen-bond acceptors (Lipinski definition) is 2. The maximum absolute atomic E-state index is 13.8. The minimum Gasteiger partial charge on any atom is -0.339 e. The van der Waals surface area contributed by atoms with Crippen molar-refractivity contribution in [2.24, 2.45) is 0 Å². The molecule has 0 bridgehead atoms. The van der Waals surface area contributed by atoms with Crippen molar-refractivity contribution in [3.05, 3.63) is 34.9 Å². The summed E-state index contributed by atoms with van der Waals surface area (Å²) < 4.78 is 27.0. The summed E-state index contributed by atoms with van der Waals surface area (Å²) in [5.41, 5.74) is 0.231. The Kier molecular flexibility index (Phi) is 4.70. The van der Waals surface area contributed by atoms with Gasteiger partial charge in [0.05, 0.1) is 5.56 Å². The summed E-state index contributed by atoms with van der Waals surface area (Å²) in [7, 11) is 1.69. The number of amides is 1. The topological polar surface area (TPSA) is 32.3 Å². The first-order chi connectivity index (χ1) is 9.50. The van der Waals surface area contributed by atoms with Gasteiger partial charge in [0.2, 0.25) is 0 Å². The third-order valence-corrected chi connectivity index (χ3v) is 3.89. The van der Waals surface area contributed by atoms with Crippen LogP contribution in [0, 0.1) is 18.6 Å². The van der Waals surface area contributed by atoms with Crippen LogP contribution < -0.4 is 5.32 Å². The Balaban J connectivity index is 2.19. The Bertz CT molecular complexity index is 497. The van der Waals surface area contributed by atoms with Crippen molar-refractivity contribution in [3.63, 3.8) is 0 Å². The summed E-state index contributed by atoms with van der Waals surface area (Å²) in [6, 6.07) is 2.17. The van der Waals surface area contributed by atoms with E-state index in [0.29, 0.717) is 0 Å². The first kappa shape index (κ1) is 14.9. The molecule has 1 aromatic carbocycles. The SMILES string of the molecule is Cc1cc(C(=O)N(C)C2CCCNCC2)c(F)cc1F. The molecule has 3 nitrogen and oxygen atoms in total. The maximum Gasteiger partial charge on any atom is 0.256 e. The average Bonchev–Trinajstić information content (AvgIpc) is 2.70. The molecule has 0 radical (unpaired) electrons. The molecule has 2 rings (SSSR count). The van der Waals surface area contributed by atoms with Crippen molar-refractivity contribution in [3.8, 4) is 0 Å². The molecule has 1 heterocycles. The minimum atomic E-state index is -0.795. The lowest BCUT2D eigenvalue weighted by Gasteiger charge is -2.27. The molecule has 1 saturated heterocycles. The number of benzene rings is 1. The number of nitrogens with one attached hydrogen (secondary N) is 1. The fraction of sp³-hybridized carbons (Fsp3) is 0.533. The van der Waals surface area contributed by atoms with E-state index in [9.17, 15) is 13.6 Å². The van der Waals surface area contributed by atoms with E-state index in [4.69, 9.17) is 0 Å². The van der Waals surface area contributed by atoms with E-state index in [1.165, 1.54) is 13.0 Å². The van der Waals surface area contributed by atoms with E-state index >= 15 is 0 Å². The predicted molar refractivity (Wildman–Crippen MR) is 73.7 cm³/mol. The van der Waals surface area contributed by atoms with Gasteiger partial charge in [-0.3, -0.25) is 4.79 Å². The lowest BCUT2D eigenvalue weighted by molar-refractivity contribution is 0.0715. The number of hydrogen-bond donors (Lipinski definition) is 1. The van der Waals surface area contributed by atoms with Crippen molar-refractivity contribution in [1.82, 2.24) is 10.2 Å². The van der Waals surface area contributed by atoms with Crippen molar-refractivity contribution in [1.29, 1.82) is 0 Å². The monoisotopic (exact) mass is 282 g/mol. The van der Waals surface area contributed by atoms with Gasteiger partial charge < -0.3 is 10.2 Å². The molecule has 5 heteroatoms. The molecule has 1 aliphatic heterocycles. The lowest BCUT2D eigenvalue weighted by atomic mass is 10.0. The second-order valence-corrected chi connectivity index (χ2v) is 5.33. The molecule has 0 saturated carbocycles. The first-order valence-corrected chi connectivity index (χ1v) is 6.94. The van der Waals surface area contributed by atoms with E-state index in [0.717, 1.165) is 38.4 Å². The molecule has 1 unspecified atom stereocenters. The fourth-order valence-electron chi connectivity index (χ4n) is 2.56. The van der Waals surface area contributed by atoms with Crippen LogP contribution in [0.15, 0.2) is 12.1 Å². The molecule has 20 heavy (non-hydrogen) atoms. The van der Waals surface area contributed by atoms with Gasteiger partial charge in [-0.2, -0.15) is 0 Å². The first-order valence-electron chi connectivity index (χ1n) is 6.94. The van der Waals surface area contributed by atoms with Crippen LogP contribution in [0.25, 0.3) is 0 Å². The summed E-state index contributed by atoms with van der Waals surface area (Å²) >= 11 is 0. The molecule has 1 N–H and O–H groups in total. The Morgan fingerprint density at radius 2 is 2.00 bits per heavy atom. The standard InChI is InChI=1S/C15H20F2N2O/c1-10-8-12(14(17)9-13(10)16)15(20)19(2)11-4-3-6-18-7-5-11/h8-9,11,18H,3-7H2,1-2H3. The normalized spacial score (nSPS) is 19.5. The van der Waals surface area contributed by atoms with Gasteiger partial charge in [0, 0.05) is 19.2 Å². The zero-order valence-electron chi connectivity index (χ0n) is 11.9. The van der Waals surface area contributed by atoms with Crippen LogP contribution in [0.2, 0.25) is 0 Å². The molecule has 1 fully saturated rings. The van der Waals surface area contributed by atoms with E-state index in [1.54, 1.807) is 11.9 Å². The highest BCUT2D eigenvalue weighted by atomic mass is 19.1. The van der Waals surface area contributed by atoms with Gasteiger partial charge >= 0.3 is 0 Å². The van der Waals surface area contributed by atoms with Gasteiger partial charge in [0.15, 0.2) is 0 Å². The van der Waals surface area contributed by atoms with Crippen molar-refractivity contribution in [2.75, 3.05) is 20.1 Å². The molecule has 1 aliphatic rings.